The lowest BCUT2D eigenvalue weighted by molar-refractivity contribution is -0.0298. The summed E-state index contributed by atoms with van der Waals surface area (Å²) in [6, 6.07) is 0.464. The summed E-state index contributed by atoms with van der Waals surface area (Å²) in [5.74, 6) is 0.804. The quantitative estimate of drug-likeness (QED) is 0.671. The fourth-order valence-corrected chi connectivity index (χ4v) is 2.02. The molecule has 0 saturated carbocycles. The Morgan fingerprint density at radius 1 is 1.27 bits per heavy atom. The van der Waals surface area contributed by atoms with Gasteiger partial charge in [0.1, 0.15) is 0 Å². The molecule has 0 aliphatic rings. The molecule has 0 fully saturated rings. The molecule has 0 aromatic heterocycles. The van der Waals surface area contributed by atoms with Crippen molar-refractivity contribution in [2.75, 3.05) is 14.2 Å². The lowest BCUT2D eigenvalue weighted by Gasteiger charge is -2.36. The maximum atomic E-state index is 5.64. The fraction of sp³-hybridized carbons (Fsp3) is 1.00. The van der Waals surface area contributed by atoms with E-state index in [-0.39, 0.29) is 5.60 Å². The van der Waals surface area contributed by atoms with Gasteiger partial charge in [0.2, 0.25) is 0 Å². The van der Waals surface area contributed by atoms with Crippen LogP contribution >= 0.6 is 0 Å². The topological polar surface area (TPSA) is 21.3 Å². The first kappa shape index (κ1) is 14.9. The second-order valence-corrected chi connectivity index (χ2v) is 5.04. The van der Waals surface area contributed by atoms with Crippen LogP contribution in [0.3, 0.4) is 0 Å². The first-order valence-electron chi connectivity index (χ1n) is 6.22. The number of methoxy groups -OCH3 is 1. The highest BCUT2D eigenvalue weighted by Gasteiger charge is 2.30. The van der Waals surface area contributed by atoms with Crippen molar-refractivity contribution in [1.29, 1.82) is 0 Å². The zero-order valence-corrected chi connectivity index (χ0v) is 11.4. The van der Waals surface area contributed by atoms with E-state index in [2.05, 4.69) is 33.0 Å². The molecule has 0 aromatic carbocycles. The number of likely N-dealkylation sites (N-methyl/N-ethyl adjacent to an activating group) is 1. The second-order valence-electron chi connectivity index (χ2n) is 5.04. The molecule has 15 heavy (non-hydrogen) atoms. The average molecular weight is 215 g/mol. The number of hydrogen-bond acceptors (Lipinski definition) is 2. The number of nitrogens with one attached hydrogen (secondary N) is 1. The van der Waals surface area contributed by atoms with Gasteiger partial charge in [-0.25, -0.2) is 0 Å². The van der Waals surface area contributed by atoms with E-state index in [9.17, 15) is 0 Å². The van der Waals surface area contributed by atoms with Crippen LogP contribution in [-0.4, -0.2) is 25.8 Å². The lowest BCUT2D eigenvalue weighted by Crippen LogP contribution is -2.48. The highest BCUT2D eigenvalue weighted by molar-refractivity contribution is 4.87. The van der Waals surface area contributed by atoms with Crippen molar-refractivity contribution in [1.82, 2.24) is 5.32 Å². The van der Waals surface area contributed by atoms with Gasteiger partial charge in [0.25, 0.3) is 0 Å². The molecule has 2 atom stereocenters. The number of rotatable bonds is 8. The van der Waals surface area contributed by atoms with Gasteiger partial charge in [-0.1, -0.05) is 33.6 Å². The molecule has 1 N–H and O–H groups in total. The van der Waals surface area contributed by atoms with E-state index in [1.54, 1.807) is 0 Å². The minimum absolute atomic E-state index is 0.0221. The van der Waals surface area contributed by atoms with Crippen molar-refractivity contribution in [2.45, 2.75) is 65.0 Å². The normalized spacial score (nSPS) is 17.8. The van der Waals surface area contributed by atoms with Gasteiger partial charge in [0.05, 0.1) is 5.60 Å². The Labute approximate surface area is 95.8 Å². The largest absolute Gasteiger partial charge is 0.377 e. The SMILES string of the molecule is CCC(C)(OC)C(CCCC(C)C)NC. The third-order valence-corrected chi connectivity index (χ3v) is 3.53. The van der Waals surface area contributed by atoms with Crippen molar-refractivity contribution in [3.05, 3.63) is 0 Å². The summed E-state index contributed by atoms with van der Waals surface area (Å²) in [4.78, 5) is 0. The molecule has 0 amide bonds. The van der Waals surface area contributed by atoms with E-state index in [0.717, 1.165) is 12.3 Å². The first-order valence-corrected chi connectivity index (χ1v) is 6.22. The predicted octanol–water partition coefficient (Wildman–Crippen LogP) is 3.22. The molecule has 0 radical (unpaired) electrons. The van der Waals surface area contributed by atoms with E-state index in [1.807, 2.05) is 14.2 Å². The highest BCUT2D eigenvalue weighted by atomic mass is 16.5. The van der Waals surface area contributed by atoms with Gasteiger partial charge in [0, 0.05) is 13.2 Å². The van der Waals surface area contributed by atoms with E-state index in [1.165, 1.54) is 19.3 Å². The van der Waals surface area contributed by atoms with Crippen molar-refractivity contribution in [3.8, 4) is 0 Å². The fourth-order valence-electron chi connectivity index (χ4n) is 2.02. The highest BCUT2D eigenvalue weighted by Crippen LogP contribution is 2.23. The monoisotopic (exact) mass is 215 g/mol. The number of ether oxygens (including phenoxy) is 1. The van der Waals surface area contributed by atoms with Crippen LogP contribution in [0.25, 0.3) is 0 Å². The molecular formula is C13H29NO. The van der Waals surface area contributed by atoms with Crippen molar-refractivity contribution in [3.63, 3.8) is 0 Å². The van der Waals surface area contributed by atoms with Crippen LogP contribution < -0.4 is 5.32 Å². The summed E-state index contributed by atoms with van der Waals surface area (Å²) < 4.78 is 5.64. The maximum Gasteiger partial charge on any atom is 0.0800 e. The van der Waals surface area contributed by atoms with Crippen LogP contribution in [0.4, 0.5) is 0 Å². The van der Waals surface area contributed by atoms with Crippen LogP contribution in [-0.2, 0) is 4.74 Å². The second kappa shape index (κ2) is 7.24. The summed E-state index contributed by atoms with van der Waals surface area (Å²) in [6.07, 6.45) is 4.84. The van der Waals surface area contributed by atoms with Crippen LogP contribution in [0, 0.1) is 5.92 Å². The molecule has 0 aliphatic heterocycles. The Morgan fingerprint density at radius 2 is 1.87 bits per heavy atom. The molecule has 0 saturated heterocycles. The molecule has 0 aromatic rings. The van der Waals surface area contributed by atoms with E-state index >= 15 is 0 Å². The molecule has 2 nitrogen and oxygen atoms in total. The Kier molecular flexibility index (Phi) is 7.20. The third-order valence-electron chi connectivity index (χ3n) is 3.53. The molecule has 0 bridgehead atoms. The van der Waals surface area contributed by atoms with Crippen LogP contribution in [0.15, 0.2) is 0 Å². The molecule has 2 unspecified atom stereocenters. The average Bonchev–Trinajstić information content (AvgIpc) is 2.23. The Hall–Kier alpha value is -0.0800. The third kappa shape index (κ3) is 4.98. The van der Waals surface area contributed by atoms with Crippen LogP contribution in [0.2, 0.25) is 0 Å². The van der Waals surface area contributed by atoms with Gasteiger partial charge in [-0.2, -0.15) is 0 Å². The summed E-state index contributed by atoms with van der Waals surface area (Å²) in [6.45, 7) is 8.95. The molecule has 0 heterocycles. The van der Waals surface area contributed by atoms with Crippen molar-refractivity contribution >= 4 is 0 Å². The Balaban J connectivity index is 4.10. The van der Waals surface area contributed by atoms with Gasteiger partial charge in [-0.05, 0) is 32.7 Å². The summed E-state index contributed by atoms with van der Waals surface area (Å²) >= 11 is 0. The van der Waals surface area contributed by atoms with E-state index < -0.39 is 0 Å². The minimum Gasteiger partial charge on any atom is -0.377 e. The standard InChI is InChI=1S/C13H29NO/c1-7-13(4,15-6)12(14-5)10-8-9-11(2)3/h11-12,14H,7-10H2,1-6H3. The molecule has 0 aliphatic carbocycles. The summed E-state index contributed by atoms with van der Waals surface area (Å²) in [5, 5.41) is 3.39. The van der Waals surface area contributed by atoms with Crippen molar-refractivity contribution in [2.24, 2.45) is 5.92 Å². The van der Waals surface area contributed by atoms with Crippen molar-refractivity contribution < 1.29 is 4.74 Å². The Morgan fingerprint density at radius 3 is 2.20 bits per heavy atom. The zero-order chi connectivity index (χ0) is 11.9. The smallest absolute Gasteiger partial charge is 0.0800 e. The Bertz CT molecular complexity index is 153. The van der Waals surface area contributed by atoms with E-state index in [4.69, 9.17) is 4.74 Å². The van der Waals surface area contributed by atoms with Crippen LogP contribution in [0.1, 0.15) is 53.4 Å². The molecule has 92 valence electrons. The van der Waals surface area contributed by atoms with Gasteiger partial charge in [0.15, 0.2) is 0 Å². The van der Waals surface area contributed by atoms with Gasteiger partial charge >= 0.3 is 0 Å². The van der Waals surface area contributed by atoms with Gasteiger partial charge < -0.3 is 10.1 Å². The van der Waals surface area contributed by atoms with Gasteiger partial charge in [-0.15, -0.1) is 0 Å². The van der Waals surface area contributed by atoms with Crippen LogP contribution in [0.5, 0.6) is 0 Å². The zero-order valence-electron chi connectivity index (χ0n) is 11.4. The lowest BCUT2D eigenvalue weighted by atomic mass is 9.88. The number of hydrogen-bond donors (Lipinski definition) is 1. The molecule has 0 rings (SSSR count). The minimum atomic E-state index is -0.0221. The molecule has 0 spiro atoms. The molecular weight excluding hydrogens is 186 g/mol. The molecule has 2 heteroatoms. The van der Waals surface area contributed by atoms with Gasteiger partial charge in [-0.3, -0.25) is 0 Å². The van der Waals surface area contributed by atoms with E-state index in [0.29, 0.717) is 6.04 Å². The summed E-state index contributed by atoms with van der Waals surface area (Å²) in [5.41, 5.74) is -0.0221. The first-order chi connectivity index (χ1) is 7.00. The predicted molar refractivity (Wildman–Crippen MR) is 67.2 cm³/mol. The summed E-state index contributed by atoms with van der Waals surface area (Å²) in [7, 11) is 3.85. The maximum absolute atomic E-state index is 5.64.